The molecule has 0 aliphatic rings. The van der Waals surface area contributed by atoms with Crippen molar-refractivity contribution in [2.75, 3.05) is 12.4 Å². The molecule has 3 nitrogen and oxygen atoms in total. The molecule has 0 aliphatic carbocycles. The van der Waals surface area contributed by atoms with Gasteiger partial charge in [0.1, 0.15) is 0 Å². The van der Waals surface area contributed by atoms with Crippen LogP contribution in [-0.4, -0.2) is 22.1 Å². The van der Waals surface area contributed by atoms with E-state index in [2.05, 4.69) is 31.6 Å². The van der Waals surface area contributed by atoms with Crippen LogP contribution in [0.15, 0.2) is 12.4 Å². The Morgan fingerprint density at radius 1 is 1.50 bits per heavy atom. The van der Waals surface area contributed by atoms with Gasteiger partial charge in [-0.15, -0.1) is 0 Å². The highest BCUT2D eigenvalue weighted by atomic mass is 32.1. The molecule has 0 bridgehead atoms. The highest BCUT2D eigenvalue weighted by Crippen LogP contribution is 2.12. The normalized spacial score (nSPS) is 10.9. The van der Waals surface area contributed by atoms with Gasteiger partial charge in [0.2, 0.25) is 0 Å². The van der Waals surface area contributed by atoms with Crippen molar-refractivity contribution >= 4 is 12.6 Å². The summed E-state index contributed by atoms with van der Waals surface area (Å²) in [7, 11) is 0. The standard InChI is InChI=1S/C10H18N2OS/c1-9(2)12-8-10(7-11-12)13-5-3-4-6-14/h7-9,14H,3-6H2,1-2H3. The maximum atomic E-state index is 5.52. The van der Waals surface area contributed by atoms with Crippen molar-refractivity contribution in [1.29, 1.82) is 0 Å². The summed E-state index contributed by atoms with van der Waals surface area (Å²) in [6.07, 6.45) is 5.85. The van der Waals surface area contributed by atoms with E-state index in [0.29, 0.717) is 6.04 Å². The number of unbranched alkanes of at least 4 members (excludes halogenated alkanes) is 1. The summed E-state index contributed by atoms with van der Waals surface area (Å²) in [5, 5.41) is 4.19. The second-order valence-corrected chi connectivity index (χ2v) is 3.98. The Kier molecular flexibility index (Phi) is 4.87. The predicted molar refractivity (Wildman–Crippen MR) is 61.2 cm³/mol. The Hall–Kier alpha value is -0.640. The Balaban J connectivity index is 2.29. The third-order valence-electron chi connectivity index (χ3n) is 1.93. The molecule has 0 fully saturated rings. The largest absolute Gasteiger partial charge is 0.490 e. The van der Waals surface area contributed by atoms with Crippen LogP contribution in [0.25, 0.3) is 0 Å². The Bertz CT molecular complexity index is 260. The lowest BCUT2D eigenvalue weighted by Crippen LogP contribution is -2.00. The molecule has 0 atom stereocenters. The molecule has 1 aromatic rings. The van der Waals surface area contributed by atoms with Gasteiger partial charge in [-0.2, -0.15) is 17.7 Å². The van der Waals surface area contributed by atoms with E-state index in [1.807, 2.05) is 10.9 Å². The van der Waals surface area contributed by atoms with Crippen LogP contribution in [0.1, 0.15) is 32.7 Å². The summed E-state index contributed by atoms with van der Waals surface area (Å²) < 4.78 is 7.42. The summed E-state index contributed by atoms with van der Waals surface area (Å²) in [5.74, 6) is 1.78. The van der Waals surface area contributed by atoms with E-state index in [1.165, 1.54) is 0 Å². The van der Waals surface area contributed by atoms with Crippen LogP contribution >= 0.6 is 12.6 Å². The van der Waals surface area contributed by atoms with E-state index in [1.54, 1.807) is 6.20 Å². The predicted octanol–water partition coefficient (Wildman–Crippen LogP) is 2.55. The fraction of sp³-hybridized carbons (Fsp3) is 0.700. The lowest BCUT2D eigenvalue weighted by Gasteiger charge is -2.04. The maximum absolute atomic E-state index is 5.52. The third-order valence-corrected chi connectivity index (χ3v) is 2.24. The van der Waals surface area contributed by atoms with E-state index < -0.39 is 0 Å². The second-order valence-electron chi connectivity index (χ2n) is 3.53. The number of hydrogen-bond donors (Lipinski definition) is 1. The van der Waals surface area contributed by atoms with Crippen LogP contribution < -0.4 is 4.74 Å². The first-order valence-electron chi connectivity index (χ1n) is 5.02. The molecule has 0 amide bonds. The maximum Gasteiger partial charge on any atom is 0.157 e. The molecule has 4 heteroatoms. The van der Waals surface area contributed by atoms with Gasteiger partial charge < -0.3 is 4.74 Å². The van der Waals surface area contributed by atoms with Crippen LogP contribution in [0.2, 0.25) is 0 Å². The number of aromatic nitrogens is 2. The van der Waals surface area contributed by atoms with E-state index >= 15 is 0 Å². The van der Waals surface area contributed by atoms with E-state index in [0.717, 1.165) is 31.0 Å². The zero-order valence-corrected chi connectivity index (χ0v) is 9.70. The zero-order chi connectivity index (χ0) is 10.4. The Morgan fingerprint density at radius 3 is 2.86 bits per heavy atom. The summed E-state index contributed by atoms with van der Waals surface area (Å²) in [6, 6.07) is 0.393. The first-order valence-corrected chi connectivity index (χ1v) is 5.65. The molecule has 1 rings (SSSR count). The summed E-state index contributed by atoms with van der Waals surface area (Å²) in [6.45, 7) is 4.94. The van der Waals surface area contributed by atoms with Crippen molar-refractivity contribution in [3.8, 4) is 5.75 Å². The van der Waals surface area contributed by atoms with Crippen molar-refractivity contribution in [1.82, 2.24) is 9.78 Å². The average Bonchev–Trinajstić information content (AvgIpc) is 2.61. The molecule has 0 radical (unpaired) electrons. The average molecular weight is 214 g/mol. The van der Waals surface area contributed by atoms with Gasteiger partial charge in [0.05, 0.1) is 19.0 Å². The molecule has 0 saturated heterocycles. The monoisotopic (exact) mass is 214 g/mol. The van der Waals surface area contributed by atoms with Gasteiger partial charge in [-0.25, -0.2) is 0 Å². The van der Waals surface area contributed by atoms with Crippen molar-refractivity contribution in [2.45, 2.75) is 32.7 Å². The Morgan fingerprint density at radius 2 is 2.29 bits per heavy atom. The fourth-order valence-electron chi connectivity index (χ4n) is 1.08. The number of nitrogens with zero attached hydrogens (tertiary/aromatic N) is 2. The summed E-state index contributed by atoms with van der Waals surface area (Å²) in [4.78, 5) is 0. The topological polar surface area (TPSA) is 27.1 Å². The molecular weight excluding hydrogens is 196 g/mol. The quantitative estimate of drug-likeness (QED) is 0.582. The van der Waals surface area contributed by atoms with Crippen LogP contribution in [0.5, 0.6) is 5.75 Å². The molecule has 1 heterocycles. The van der Waals surface area contributed by atoms with E-state index in [-0.39, 0.29) is 0 Å². The fourth-order valence-corrected chi connectivity index (χ4v) is 1.31. The number of ether oxygens (including phenoxy) is 1. The molecule has 0 saturated carbocycles. The van der Waals surface area contributed by atoms with Crippen molar-refractivity contribution in [3.63, 3.8) is 0 Å². The number of hydrogen-bond acceptors (Lipinski definition) is 3. The SMILES string of the molecule is CC(C)n1cc(OCCCCS)cn1. The molecule has 80 valence electrons. The van der Waals surface area contributed by atoms with Gasteiger partial charge >= 0.3 is 0 Å². The van der Waals surface area contributed by atoms with Crippen LogP contribution in [-0.2, 0) is 0 Å². The number of rotatable bonds is 6. The van der Waals surface area contributed by atoms with Gasteiger partial charge in [-0.1, -0.05) is 0 Å². The highest BCUT2D eigenvalue weighted by Gasteiger charge is 2.01. The minimum atomic E-state index is 0.393. The van der Waals surface area contributed by atoms with Gasteiger partial charge in [0.15, 0.2) is 5.75 Å². The van der Waals surface area contributed by atoms with Gasteiger partial charge in [0, 0.05) is 6.04 Å². The van der Waals surface area contributed by atoms with Crippen molar-refractivity contribution in [3.05, 3.63) is 12.4 Å². The van der Waals surface area contributed by atoms with Crippen LogP contribution in [0, 0.1) is 0 Å². The molecule has 14 heavy (non-hydrogen) atoms. The minimum Gasteiger partial charge on any atom is -0.490 e. The second kappa shape index (κ2) is 5.96. The first kappa shape index (κ1) is 11.4. The number of thiol groups is 1. The lowest BCUT2D eigenvalue weighted by molar-refractivity contribution is 0.309. The van der Waals surface area contributed by atoms with Gasteiger partial charge in [0.25, 0.3) is 0 Å². The van der Waals surface area contributed by atoms with Crippen LogP contribution in [0.3, 0.4) is 0 Å². The summed E-state index contributed by atoms with van der Waals surface area (Å²) >= 11 is 4.14. The first-order chi connectivity index (χ1) is 6.74. The molecule has 1 aromatic heterocycles. The van der Waals surface area contributed by atoms with Gasteiger partial charge in [-0.3, -0.25) is 4.68 Å². The smallest absolute Gasteiger partial charge is 0.157 e. The molecule has 0 N–H and O–H groups in total. The Labute approximate surface area is 90.9 Å². The molecule has 0 unspecified atom stereocenters. The van der Waals surface area contributed by atoms with Gasteiger partial charge in [-0.05, 0) is 32.4 Å². The lowest BCUT2D eigenvalue weighted by atomic mass is 10.4. The highest BCUT2D eigenvalue weighted by molar-refractivity contribution is 7.80. The van der Waals surface area contributed by atoms with E-state index in [4.69, 9.17) is 4.74 Å². The molecule has 0 aromatic carbocycles. The van der Waals surface area contributed by atoms with Crippen molar-refractivity contribution < 1.29 is 4.74 Å². The third kappa shape index (κ3) is 3.62. The van der Waals surface area contributed by atoms with Crippen molar-refractivity contribution in [2.24, 2.45) is 0 Å². The molecule has 0 spiro atoms. The zero-order valence-electron chi connectivity index (χ0n) is 8.81. The summed E-state index contributed by atoms with van der Waals surface area (Å²) in [5.41, 5.74) is 0. The minimum absolute atomic E-state index is 0.393. The van der Waals surface area contributed by atoms with Crippen LogP contribution in [0.4, 0.5) is 0 Å². The molecule has 0 aliphatic heterocycles. The molecular formula is C10H18N2OS. The van der Waals surface area contributed by atoms with E-state index in [9.17, 15) is 0 Å².